The van der Waals surface area contributed by atoms with Crippen molar-refractivity contribution in [2.45, 2.75) is 20.9 Å². The summed E-state index contributed by atoms with van der Waals surface area (Å²) < 4.78 is 62.2. The highest BCUT2D eigenvalue weighted by Gasteiger charge is 2.36. The van der Waals surface area contributed by atoms with Gasteiger partial charge >= 0.3 is 12.4 Å². The third-order valence-corrected chi connectivity index (χ3v) is 2.03. The lowest BCUT2D eigenvalue weighted by Gasteiger charge is -2.03. The molecule has 0 aliphatic rings. The highest BCUT2D eigenvalue weighted by molar-refractivity contribution is 9.10. The SMILES string of the molecule is FC(F)(F)C(Cl)Br.FC(F)(F)C(Cl)Br. The van der Waals surface area contributed by atoms with Gasteiger partial charge in [-0.2, -0.15) is 26.3 Å². The Hall–Kier alpha value is 1.12. The van der Waals surface area contributed by atoms with E-state index in [0.717, 1.165) is 0 Å². The fourth-order valence-corrected chi connectivity index (χ4v) is 0. The Kier molecular flexibility index (Phi) is 8.32. The summed E-state index contributed by atoms with van der Waals surface area (Å²) in [7, 11) is 0. The molecule has 0 aromatic heterocycles. The molecule has 0 bridgehead atoms. The summed E-state index contributed by atoms with van der Waals surface area (Å²) in [4.78, 5) is 0. The van der Waals surface area contributed by atoms with Gasteiger partial charge < -0.3 is 0 Å². The molecule has 0 aromatic carbocycles. The van der Waals surface area contributed by atoms with E-state index >= 15 is 0 Å². The van der Waals surface area contributed by atoms with Gasteiger partial charge in [0.15, 0.2) is 8.57 Å². The second kappa shape index (κ2) is 6.65. The summed E-state index contributed by atoms with van der Waals surface area (Å²) in [5, 5.41) is 0. The highest BCUT2D eigenvalue weighted by Crippen LogP contribution is 2.29. The van der Waals surface area contributed by atoms with Gasteiger partial charge in [0.25, 0.3) is 0 Å². The van der Waals surface area contributed by atoms with E-state index in [0.29, 0.717) is 0 Å². The van der Waals surface area contributed by atoms with Gasteiger partial charge in [-0.25, -0.2) is 0 Å². The van der Waals surface area contributed by atoms with Crippen molar-refractivity contribution < 1.29 is 26.3 Å². The molecule has 0 spiro atoms. The summed E-state index contributed by atoms with van der Waals surface area (Å²) in [5.41, 5.74) is 0. The van der Waals surface area contributed by atoms with E-state index in [1.54, 1.807) is 0 Å². The first-order chi connectivity index (χ1) is 5.89. The Morgan fingerprint density at radius 3 is 0.786 bits per heavy atom. The molecule has 0 saturated heterocycles. The maximum absolute atomic E-state index is 11.0. The van der Waals surface area contributed by atoms with Gasteiger partial charge in [0.1, 0.15) is 0 Å². The summed E-state index contributed by atoms with van der Waals surface area (Å²) in [6, 6.07) is 0. The van der Waals surface area contributed by atoms with Crippen molar-refractivity contribution in [1.82, 2.24) is 0 Å². The van der Waals surface area contributed by atoms with Crippen molar-refractivity contribution in [3.8, 4) is 0 Å². The van der Waals surface area contributed by atoms with Gasteiger partial charge in [0.2, 0.25) is 0 Å². The van der Waals surface area contributed by atoms with E-state index in [-0.39, 0.29) is 0 Å². The third-order valence-electron chi connectivity index (χ3n) is 0.495. The van der Waals surface area contributed by atoms with Crippen LogP contribution in [0, 0.1) is 0 Å². The van der Waals surface area contributed by atoms with Crippen molar-refractivity contribution in [3.05, 3.63) is 0 Å². The van der Waals surface area contributed by atoms with Gasteiger partial charge in [0, 0.05) is 0 Å². The van der Waals surface area contributed by atoms with Gasteiger partial charge in [-0.1, -0.05) is 31.9 Å². The number of rotatable bonds is 0. The van der Waals surface area contributed by atoms with Crippen LogP contribution >= 0.6 is 55.1 Å². The van der Waals surface area contributed by atoms with Crippen LogP contribution in [0.1, 0.15) is 0 Å². The van der Waals surface area contributed by atoms with Gasteiger partial charge in [-0.3, -0.25) is 0 Å². The van der Waals surface area contributed by atoms with Gasteiger partial charge in [0.05, 0.1) is 0 Å². The van der Waals surface area contributed by atoms with Crippen molar-refractivity contribution >= 4 is 55.1 Å². The zero-order valence-corrected chi connectivity index (χ0v) is 10.6. The molecule has 10 heteroatoms. The minimum absolute atomic E-state index is 1.92. The van der Waals surface area contributed by atoms with Crippen molar-refractivity contribution in [1.29, 1.82) is 0 Å². The molecule has 2 atom stereocenters. The smallest absolute Gasteiger partial charge is 0.168 e. The first-order valence-electron chi connectivity index (χ1n) is 2.58. The molecule has 0 rings (SSSR count). The van der Waals surface area contributed by atoms with Crippen LogP contribution in [0.25, 0.3) is 0 Å². The van der Waals surface area contributed by atoms with E-state index in [2.05, 4.69) is 55.1 Å². The van der Waals surface area contributed by atoms with Crippen LogP contribution in [0.2, 0.25) is 0 Å². The average molecular weight is 395 g/mol. The molecule has 0 fully saturated rings. The second-order valence-electron chi connectivity index (χ2n) is 1.68. The first-order valence-corrected chi connectivity index (χ1v) is 5.29. The second-order valence-corrected chi connectivity index (χ2v) is 5.44. The van der Waals surface area contributed by atoms with Crippen LogP contribution < -0.4 is 0 Å². The first kappa shape index (κ1) is 17.5. The number of hydrogen-bond acceptors (Lipinski definition) is 0. The van der Waals surface area contributed by atoms with Crippen LogP contribution in [0.3, 0.4) is 0 Å². The van der Waals surface area contributed by atoms with Gasteiger partial charge in [-0.05, 0) is 0 Å². The largest absolute Gasteiger partial charge is 0.414 e. The minimum Gasteiger partial charge on any atom is -0.168 e. The molecule has 0 radical (unpaired) electrons. The lowest BCUT2D eigenvalue weighted by atomic mass is 10.8. The molecule has 0 saturated carbocycles. The Morgan fingerprint density at radius 1 is 0.714 bits per heavy atom. The standard InChI is InChI=1S/2C2HBrClF3/c2*3-1(4)2(5,6)7/h2*1H. The fourth-order valence-electron chi connectivity index (χ4n) is 0. The molecule has 14 heavy (non-hydrogen) atoms. The van der Waals surface area contributed by atoms with Crippen LogP contribution in [0.5, 0.6) is 0 Å². The molecule has 0 heterocycles. The predicted octanol–water partition coefficient (Wildman–Crippen LogP) is 5.02. The number of halogens is 10. The predicted molar refractivity (Wildman–Crippen MR) is 49.2 cm³/mol. The Labute approximate surface area is 102 Å². The zero-order chi connectivity index (χ0) is 12.2. The average Bonchev–Trinajstić information content (AvgIpc) is 1.83. The van der Waals surface area contributed by atoms with E-state index in [1.165, 1.54) is 0 Å². The topological polar surface area (TPSA) is 0 Å². The maximum atomic E-state index is 11.0. The van der Waals surface area contributed by atoms with Crippen LogP contribution in [-0.4, -0.2) is 20.9 Å². The maximum Gasteiger partial charge on any atom is 0.414 e. The lowest BCUT2D eigenvalue weighted by Crippen LogP contribution is -2.16. The molecular formula is C4H2Br2Cl2F6. The van der Waals surface area contributed by atoms with Crippen molar-refractivity contribution in [2.75, 3.05) is 0 Å². The molecule has 2 unspecified atom stereocenters. The van der Waals surface area contributed by atoms with Crippen molar-refractivity contribution in [2.24, 2.45) is 0 Å². The van der Waals surface area contributed by atoms with Crippen LogP contribution in [-0.2, 0) is 0 Å². The van der Waals surface area contributed by atoms with E-state index < -0.39 is 20.9 Å². The molecule has 0 nitrogen and oxygen atoms in total. The molecule has 0 N–H and O–H groups in total. The van der Waals surface area contributed by atoms with Crippen molar-refractivity contribution in [3.63, 3.8) is 0 Å². The molecule has 0 aromatic rings. The molecule has 0 amide bonds. The lowest BCUT2D eigenvalue weighted by molar-refractivity contribution is -0.113. The highest BCUT2D eigenvalue weighted by atomic mass is 79.9. The third kappa shape index (κ3) is 11.2. The number of alkyl halides is 10. The monoisotopic (exact) mass is 392 g/mol. The summed E-state index contributed by atoms with van der Waals surface area (Å²) in [6.45, 7) is 0. The minimum atomic E-state index is -4.32. The number of hydrogen-bond donors (Lipinski definition) is 0. The van der Waals surface area contributed by atoms with Crippen LogP contribution in [0.4, 0.5) is 26.3 Å². The van der Waals surface area contributed by atoms with E-state index in [1.807, 2.05) is 0 Å². The quantitative estimate of drug-likeness (QED) is 0.400. The fraction of sp³-hybridized carbons (Fsp3) is 1.00. The summed E-state index contributed by atoms with van der Waals surface area (Å²) in [5.74, 6) is 0. The van der Waals surface area contributed by atoms with E-state index in [9.17, 15) is 26.3 Å². The molecule has 0 aliphatic carbocycles. The Morgan fingerprint density at radius 2 is 0.786 bits per heavy atom. The molecule has 0 aliphatic heterocycles. The normalized spacial score (nSPS) is 16.7. The van der Waals surface area contributed by atoms with E-state index in [4.69, 9.17) is 0 Å². The van der Waals surface area contributed by atoms with Crippen LogP contribution in [0.15, 0.2) is 0 Å². The van der Waals surface area contributed by atoms with Gasteiger partial charge in [-0.15, -0.1) is 23.2 Å². The Bertz CT molecular complexity index is 135. The molecule has 88 valence electrons. The Balaban J connectivity index is 0. The molecular weight excluding hydrogens is 393 g/mol. The summed E-state index contributed by atoms with van der Waals surface area (Å²) in [6.07, 6.45) is -8.64. The zero-order valence-electron chi connectivity index (χ0n) is 5.93. The summed E-state index contributed by atoms with van der Waals surface area (Å²) >= 11 is 13.4.